The number of nitrogens with zero attached hydrogens (tertiary/aromatic N) is 2. The summed E-state index contributed by atoms with van der Waals surface area (Å²) >= 11 is 6.50. The van der Waals surface area contributed by atoms with Gasteiger partial charge < -0.3 is 10.1 Å². The first-order valence-electron chi connectivity index (χ1n) is 9.47. The Morgan fingerprint density at radius 3 is 2.21 bits per heavy atom. The molecule has 0 fully saturated rings. The summed E-state index contributed by atoms with van der Waals surface area (Å²) in [5, 5.41) is 4.11. The number of halogens is 1. The van der Waals surface area contributed by atoms with Gasteiger partial charge in [0.15, 0.2) is 0 Å². The summed E-state index contributed by atoms with van der Waals surface area (Å²) in [6.45, 7) is 8.60. The molecule has 1 aromatic heterocycles. The Labute approximate surface area is 172 Å². The van der Waals surface area contributed by atoms with Crippen LogP contribution in [-0.2, 0) is 6.42 Å². The van der Waals surface area contributed by atoms with Crippen molar-refractivity contribution in [1.29, 1.82) is 0 Å². The highest BCUT2D eigenvalue weighted by Crippen LogP contribution is 2.38. The number of hydrogen-bond acceptors (Lipinski definition) is 4. The van der Waals surface area contributed by atoms with Gasteiger partial charge in [-0.25, -0.2) is 9.97 Å². The van der Waals surface area contributed by atoms with Gasteiger partial charge in [0, 0.05) is 0 Å². The molecule has 0 aliphatic heterocycles. The molecule has 0 spiro atoms. The van der Waals surface area contributed by atoms with Gasteiger partial charge in [-0.05, 0) is 41.7 Å². The smallest absolute Gasteiger partial charge is 0.149 e. The summed E-state index contributed by atoms with van der Waals surface area (Å²) < 4.78 is 5.90. The van der Waals surface area contributed by atoms with Gasteiger partial charge in [-0.1, -0.05) is 69.6 Å². The maximum atomic E-state index is 6.50. The number of aromatic nitrogens is 2. The standard InChI is InChI=1S/C23H26ClN3O/c1-5-19-20(24)22(26-15-25-19)27-21(23(2,3)4)16-11-13-18(14-12-16)28-17-9-7-6-8-10-17/h6-15,21H,5H2,1-4H3,(H,25,26,27). The Hall–Kier alpha value is -2.59. The average molecular weight is 396 g/mol. The van der Waals surface area contributed by atoms with E-state index in [4.69, 9.17) is 16.3 Å². The molecule has 3 rings (SSSR count). The molecule has 5 heteroatoms. The first-order chi connectivity index (χ1) is 13.4. The van der Waals surface area contributed by atoms with Crippen LogP contribution in [0.25, 0.3) is 0 Å². The van der Waals surface area contributed by atoms with Crippen LogP contribution in [-0.4, -0.2) is 9.97 Å². The van der Waals surface area contributed by atoms with Crippen LogP contribution >= 0.6 is 11.6 Å². The molecule has 28 heavy (non-hydrogen) atoms. The summed E-state index contributed by atoms with van der Waals surface area (Å²) in [6, 6.07) is 17.9. The van der Waals surface area contributed by atoms with Crippen LogP contribution in [0, 0.1) is 5.41 Å². The summed E-state index contributed by atoms with van der Waals surface area (Å²) in [6.07, 6.45) is 2.32. The highest BCUT2D eigenvalue weighted by molar-refractivity contribution is 6.33. The summed E-state index contributed by atoms with van der Waals surface area (Å²) in [4.78, 5) is 8.61. The van der Waals surface area contributed by atoms with E-state index in [2.05, 4.69) is 48.2 Å². The number of anilines is 1. The normalized spacial score (nSPS) is 12.5. The van der Waals surface area contributed by atoms with Gasteiger partial charge >= 0.3 is 0 Å². The fraction of sp³-hybridized carbons (Fsp3) is 0.304. The highest BCUT2D eigenvalue weighted by atomic mass is 35.5. The minimum absolute atomic E-state index is 0.0235. The van der Waals surface area contributed by atoms with Crippen LogP contribution in [0.15, 0.2) is 60.9 Å². The van der Waals surface area contributed by atoms with Crippen LogP contribution in [0.3, 0.4) is 0 Å². The van der Waals surface area contributed by atoms with Crippen molar-refractivity contribution in [2.75, 3.05) is 5.32 Å². The Bertz CT molecular complexity index is 905. The molecule has 0 amide bonds. The lowest BCUT2D eigenvalue weighted by Crippen LogP contribution is -2.26. The van der Waals surface area contributed by atoms with Crippen LogP contribution in [0.2, 0.25) is 5.02 Å². The first kappa shape index (κ1) is 20.2. The molecule has 0 bridgehead atoms. The van der Waals surface area contributed by atoms with Crippen molar-refractivity contribution in [2.24, 2.45) is 5.41 Å². The third-order valence-electron chi connectivity index (χ3n) is 4.54. The maximum absolute atomic E-state index is 6.50. The van der Waals surface area contributed by atoms with E-state index in [1.54, 1.807) is 6.33 Å². The van der Waals surface area contributed by atoms with Gasteiger partial charge in [-0.2, -0.15) is 0 Å². The van der Waals surface area contributed by atoms with Crippen molar-refractivity contribution in [2.45, 2.75) is 40.2 Å². The van der Waals surface area contributed by atoms with E-state index in [-0.39, 0.29) is 11.5 Å². The van der Waals surface area contributed by atoms with Crippen molar-refractivity contribution in [3.63, 3.8) is 0 Å². The molecule has 146 valence electrons. The zero-order valence-corrected chi connectivity index (χ0v) is 17.5. The minimum atomic E-state index is -0.0531. The van der Waals surface area contributed by atoms with E-state index < -0.39 is 0 Å². The minimum Gasteiger partial charge on any atom is -0.457 e. The van der Waals surface area contributed by atoms with E-state index >= 15 is 0 Å². The molecule has 0 saturated carbocycles. The van der Waals surface area contributed by atoms with Crippen molar-refractivity contribution in [3.05, 3.63) is 77.2 Å². The molecule has 0 aliphatic carbocycles. The number of para-hydroxylation sites is 1. The molecule has 0 radical (unpaired) electrons. The van der Waals surface area contributed by atoms with Crippen molar-refractivity contribution >= 4 is 17.4 Å². The van der Waals surface area contributed by atoms with E-state index in [9.17, 15) is 0 Å². The Kier molecular flexibility index (Phi) is 6.20. The number of ether oxygens (including phenoxy) is 1. The summed E-state index contributed by atoms with van der Waals surface area (Å²) in [5.41, 5.74) is 1.93. The maximum Gasteiger partial charge on any atom is 0.149 e. The first-order valence-corrected chi connectivity index (χ1v) is 9.85. The number of benzene rings is 2. The monoisotopic (exact) mass is 395 g/mol. The molecule has 1 heterocycles. The molecule has 2 aromatic carbocycles. The van der Waals surface area contributed by atoms with Gasteiger partial charge in [-0.3, -0.25) is 0 Å². The van der Waals surface area contributed by atoms with Crippen LogP contribution in [0.1, 0.15) is 45.0 Å². The second kappa shape index (κ2) is 8.61. The van der Waals surface area contributed by atoms with E-state index in [1.807, 2.05) is 49.4 Å². The summed E-state index contributed by atoms with van der Waals surface area (Å²) in [7, 11) is 0. The molecule has 4 nitrogen and oxygen atoms in total. The number of rotatable bonds is 6. The zero-order chi connectivity index (χ0) is 20.1. The molecular weight excluding hydrogens is 370 g/mol. The fourth-order valence-corrected chi connectivity index (χ4v) is 3.33. The lowest BCUT2D eigenvalue weighted by molar-refractivity contribution is 0.346. The molecule has 1 unspecified atom stereocenters. The number of hydrogen-bond donors (Lipinski definition) is 1. The molecule has 3 aromatic rings. The molecule has 0 aliphatic rings. The lowest BCUT2D eigenvalue weighted by atomic mass is 9.82. The lowest BCUT2D eigenvalue weighted by Gasteiger charge is -2.33. The van der Waals surface area contributed by atoms with E-state index in [0.717, 1.165) is 29.2 Å². The van der Waals surface area contributed by atoms with Gasteiger partial charge in [-0.15, -0.1) is 0 Å². The number of aryl methyl sites for hydroxylation is 1. The quantitative estimate of drug-likeness (QED) is 0.505. The van der Waals surface area contributed by atoms with Gasteiger partial charge in [0.05, 0.1) is 11.7 Å². The Morgan fingerprint density at radius 1 is 0.964 bits per heavy atom. The second-order valence-corrected chi connectivity index (χ2v) is 8.14. The summed E-state index contributed by atoms with van der Waals surface area (Å²) in [5.74, 6) is 2.29. The largest absolute Gasteiger partial charge is 0.457 e. The molecule has 0 saturated heterocycles. The Balaban J connectivity index is 1.84. The number of nitrogens with one attached hydrogen (secondary N) is 1. The van der Waals surface area contributed by atoms with Crippen LogP contribution < -0.4 is 10.1 Å². The SMILES string of the molecule is CCc1ncnc(NC(c2ccc(Oc3ccccc3)cc2)C(C)(C)C)c1Cl. The molecule has 1 N–H and O–H groups in total. The highest BCUT2D eigenvalue weighted by Gasteiger charge is 2.27. The topological polar surface area (TPSA) is 47.0 Å². The van der Waals surface area contributed by atoms with Crippen molar-refractivity contribution in [1.82, 2.24) is 9.97 Å². The Morgan fingerprint density at radius 2 is 1.61 bits per heavy atom. The van der Waals surface area contributed by atoms with E-state index in [0.29, 0.717) is 10.8 Å². The predicted octanol–water partition coefficient (Wildman–Crippen LogP) is 6.68. The van der Waals surface area contributed by atoms with Gasteiger partial charge in [0.25, 0.3) is 0 Å². The third kappa shape index (κ3) is 4.82. The zero-order valence-electron chi connectivity index (χ0n) is 16.7. The predicted molar refractivity (Wildman–Crippen MR) is 115 cm³/mol. The van der Waals surface area contributed by atoms with Crippen LogP contribution in [0.5, 0.6) is 11.5 Å². The third-order valence-corrected chi connectivity index (χ3v) is 4.93. The fourth-order valence-electron chi connectivity index (χ4n) is 3.04. The average Bonchev–Trinajstić information content (AvgIpc) is 2.68. The molecular formula is C23H26ClN3O. The van der Waals surface area contributed by atoms with Gasteiger partial charge in [0.2, 0.25) is 0 Å². The second-order valence-electron chi connectivity index (χ2n) is 7.76. The van der Waals surface area contributed by atoms with Crippen LogP contribution in [0.4, 0.5) is 5.82 Å². The van der Waals surface area contributed by atoms with Gasteiger partial charge in [0.1, 0.15) is 28.7 Å². The van der Waals surface area contributed by atoms with Crippen molar-refractivity contribution < 1.29 is 4.74 Å². The van der Waals surface area contributed by atoms with Crippen molar-refractivity contribution in [3.8, 4) is 11.5 Å². The molecule has 1 atom stereocenters. The van der Waals surface area contributed by atoms with E-state index in [1.165, 1.54) is 0 Å².